The molecule has 2 aromatic carbocycles. The van der Waals surface area contributed by atoms with Gasteiger partial charge < -0.3 is 5.32 Å². The van der Waals surface area contributed by atoms with E-state index in [0.29, 0.717) is 22.9 Å². The number of benzene rings is 2. The summed E-state index contributed by atoms with van der Waals surface area (Å²) in [5.41, 5.74) is 3.65. The van der Waals surface area contributed by atoms with Crippen LogP contribution in [-0.2, 0) is 24.3 Å². The van der Waals surface area contributed by atoms with Gasteiger partial charge in [-0.25, -0.2) is 4.98 Å². The number of nitrogens with one attached hydrogen (secondary N) is 2. The summed E-state index contributed by atoms with van der Waals surface area (Å²) in [5.74, 6) is -0.287. The average Bonchev–Trinajstić information content (AvgIpc) is 3.26. The highest BCUT2D eigenvalue weighted by molar-refractivity contribution is 7.14. The van der Waals surface area contributed by atoms with E-state index in [0.717, 1.165) is 25.2 Å². The van der Waals surface area contributed by atoms with E-state index in [1.165, 1.54) is 36.2 Å². The maximum Gasteiger partial charge on any atom is 0.257 e. The first kappa shape index (κ1) is 22.2. The number of amides is 2. The van der Waals surface area contributed by atoms with Crippen molar-refractivity contribution in [2.45, 2.75) is 38.8 Å². The van der Waals surface area contributed by atoms with Gasteiger partial charge in [-0.15, -0.1) is 11.3 Å². The van der Waals surface area contributed by atoms with E-state index in [-0.39, 0.29) is 18.2 Å². The Bertz CT molecular complexity index is 1040. The summed E-state index contributed by atoms with van der Waals surface area (Å²) in [6.45, 7) is 3.73. The second kappa shape index (κ2) is 11.0. The molecule has 1 aromatic heterocycles. The molecule has 0 aliphatic carbocycles. The van der Waals surface area contributed by atoms with Crippen LogP contribution in [-0.4, -0.2) is 34.8 Å². The zero-order chi connectivity index (χ0) is 22.2. The van der Waals surface area contributed by atoms with Crippen molar-refractivity contribution in [1.29, 1.82) is 0 Å². The molecule has 0 atom stereocenters. The Kier molecular flexibility index (Phi) is 7.64. The number of likely N-dealkylation sites (tertiary alicyclic amines) is 1. The number of aromatic nitrogens is 1. The summed E-state index contributed by atoms with van der Waals surface area (Å²) in [6.07, 6.45) is 4.04. The fourth-order valence-electron chi connectivity index (χ4n) is 3.87. The molecule has 0 saturated carbocycles. The largest absolute Gasteiger partial charge is 0.352 e. The summed E-state index contributed by atoms with van der Waals surface area (Å²) >= 11 is 1.32. The van der Waals surface area contributed by atoms with Crippen LogP contribution in [0.5, 0.6) is 0 Å². The van der Waals surface area contributed by atoms with Crippen molar-refractivity contribution >= 4 is 28.3 Å². The number of carbonyl (C=O) groups excluding carboxylic acids is 2. The SMILES string of the molecule is O=C(Cc1csc(NC(=O)c2ccccc2)n1)NCc1ccccc1CN1CCCCC1. The van der Waals surface area contributed by atoms with Gasteiger partial charge in [-0.3, -0.25) is 19.8 Å². The van der Waals surface area contributed by atoms with E-state index >= 15 is 0 Å². The fourth-order valence-corrected chi connectivity index (χ4v) is 4.57. The Hall–Kier alpha value is -3.03. The summed E-state index contributed by atoms with van der Waals surface area (Å²) < 4.78 is 0. The van der Waals surface area contributed by atoms with Crippen molar-refractivity contribution in [3.05, 3.63) is 82.4 Å². The first-order valence-corrected chi connectivity index (χ1v) is 11.9. The second-order valence-corrected chi connectivity index (χ2v) is 8.88. The van der Waals surface area contributed by atoms with Crippen LogP contribution in [0.15, 0.2) is 60.0 Å². The minimum Gasteiger partial charge on any atom is -0.352 e. The Morgan fingerprint density at radius 2 is 1.66 bits per heavy atom. The van der Waals surface area contributed by atoms with Crippen LogP contribution in [0, 0.1) is 0 Å². The van der Waals surface area contributed by atoms with Gasteiger partial charge in [-0.1, -0.05) is 48.9 Å². The number of thiazole rings is 1. The Balaban J connectivity index is 1.28. The van der Waals surface area contributed by atoms with Gasteiger partial charge in [0.2, 0.25) is 5.91 Å². The van der Waals surface area contributed by atoms with Crippen LogP contribution in [0.1, 0.15) is 46.4 Å². The molecular formula is C25H28N4O2S. The molecule has 166 valence electrons. The Labute approximate surface area is 192 Å². The molecule has 3 aromatic rings. The summed E-state index contributed by atoms with van der Waals surface area (Å²) in [7, 11) is 0. The molecule has 0 radical (unpaired) electrons. The third-order valence-corrected chi connectivity index (χ3v) is 6.39. The number of nitrogens with zero attached hydrogens (tertiary/aromatic N) is 2. The van der Waals surface area contributed by atoms with Crippen molar-refractivity contribution in [2.24, 2.45) is 0 Å². The molecule has 7 heteroatoms. The number of carbonyl (C=O) groups is 2. The van der Waals surface area contributed by atoms with E-state index < -0.39 is 0 Å². The van der Waals surface area contributed by atoms with Gasteiger partial charge in [-0.2, -0.15) is 0 Å². The smallest absolute Gasteiger partial charge is 0.257 e. The molecular weight excluding hydrogens is 420 g/mol. The molecule has 2 heterocycles. The lowest BCUT2D eigenvalue weighted by molar-refractivity contribution is -0.120. The van der Waals surface area contributed by atoms with E-state index in [1.807, 2.05) is 29.6 Å². The standard InChI is InChI=1S/C25H28N4O2S/c30-23(15-22-18-32-25(27-22)28-24(31)19-9-3-1-4-10-19)26-16-20-11-5-6-12-21(20)17-29-13-7-2-8-14-29/h1,3-6,9-12,18H,2,7-8,13-17H2,(H,26,30)(H,27,28,31). The van der Waals surface area contributed by atoms with Crippen LogP contribution < -0.4 is 10.6 Å². The van der Waals surface area contributed by atoms with Gasteiger partial charge in [-0.05, 0) is 49.2 Å². The zero-order valence-corrected chi connectivity index (χ0v) is 18.9. The maximum atomic E-state index is 12.5. The van der Waals surface area contributed by atoms with Gasteiger partial charge in [0.15, 0.2) is 5.13 Å². The molecule has 0 bridgehead atoms. The minimum atomic E-state index is -0.207. The van der Waals surface area contributed by atoms with E-state index in [2.05, 4.69) is 38.7 Å². The lowest BCUT2D eigenvalue weighted by Crippen LogP contribution is -2.30. The van der Waals surface area contributed by atoms with Crippen LogP contribution in [0.3, 0.4) is 0 Å². The van der Waals surface area contributed by atoms with E-state index in [1.54, 1.807) is 12.1 Å². The minimum absolute atomic E-state index is 0.0796. The number of hydrogen-bond acceptors (Lipinski definition) is 5. The van der Waals surface area contributed by atoms with Crippen molar-refractivity contribution < 1.29 is 9.59 Å². The molecule has 1 saturated heterocycles. The molecule has 1 fully saturated rings. The van der Waals surface area contributed by atoms with Crippen LogP contribution >= 0.6 is 11.3 Å². The third kappa shape index (κ3) is 6.24. The quantitative estimate of drug-likeness (QED) is 0.541. The van der Waals surface area contributed by atoms with Gasteiger partial charge >= 0.3 is 0 Å². The highest BCUT2D eigenvalue weighted by atomic mass is 32.1. The number of rotatable bonds is 8. The molecule has 4 rings (SSSR count). The lowest BCUT2D eigenvalue weighted by atomic mass is 10.0. The lowest BCUT2D eigenvalue weighted by Gasteiger charge is -2.27. The first-order valence-electron chi connectivity index (χ1n) is 11.0. The fraction of sp³-hybridized carbons (Fsp3) is 0.320. The first-order chi connectivity index (χ1) is 15.7. The van der Waals surface area contributed by atoms with Crippen molar-refractivity contribution in [3.8, 4) is 0 Å². The number of anilines is 1. The van der Waals surface area contributed by atoms with E-state index in [9.17, 15) is 9.59 Å². The molecule has 1 aliphatic heterocycles. The Morgan fingerprint density at radius 1 is 0.938 bits per heavy atom. The number of hydrogen-bond donors (Lipinski definition) is 2. The second-order valence-electron chi connectivity index (χ2n) is 8.02. The maximum absolute atomic E-state index is 12.5. The molecule has 2 N–H and O–H groups in total. The topological polar surface area (TPSA) is 74.3 Å². The summed E-state index contributed by atoms with van der Waals surface area (Å²) in [6, 6.07) is 17.3. The van der Waals surface area contributed by atoms with Gasteiger partial charge in [0, 0.05) is 24.0 Å². The molecule has 0 spiro atoms. The van der Waals surface area contributed by atoms with Gasteiger partial charge in [0.1, 0.15) is 0 Å². The van der Waals surface area contributed by atoms with E-state index in [4.69, 9.17) is 0 Å². The summed E-state index contributed by atoms with van der Waals surface area (Å²) in [4.78, 5) is 31.6. The zero-order valence-electron chi connectivity index (χ0n) is 18.0. The molecule has 6 nitrogen and oxygen atoms in total. The normalized spacial score (nSPS) is 14.1. The van der Waals surface area contributed by atoms with Crippen LogP contribution in [0.4, 0.5) is 5.13 Å². The molecule has 2 amide bonds. The highest BCUT2D eigenvalue weighted by Crippen LogP contribution is 2.18. The van der Waals surface area contributed by atoms with Gasteiger partial charge in [0.25, 0.3) is 5.91 Å². The third-order valence-electron chi connectivity index (χ3n) is 5.59. The highest BCUT2D eigenvalue weighted by Gasteiger charge is 2.14. The molecule has 1 aliphatic rings. The van der Waals surface area contributed by atoms with Crippen molar-refractivity contribution in [1.82, 2.24) is 15.2 Å². The monoisotopic (exact) mass is 448 g/mol. The number of piperidine rings is 1. The predicted octanol–water partition coefficient (Wildman–Crippen LogP) is 4.24. The van der Waals surface area contributed by atoms with Crippen LogP contribution in [0.2, 0.25) is 0 Å². The van der Waals surface area contributed by atoms with Crippen molar-refractivity contribution in [2.75, 3.05) is 18.4 Å². The summed E-state index contributed by atoms with van der Waals surface area (Å²) in [5, 5.41) is 8.11. The Morgan fingerprint density at radius 3 is 2.44 bits per heavy atom. The van der Waals surface area contributed by atoms with Crippen LogP contribution in [0.25, 0.3) is 0 Å². The van der Waals surface area contributed by atoms with Gasteiger partial charge in [0.05, 0.1) is 12.1 Å². The molecule has 0 unspecified atom stereocenters. The average molecular weight is 449 g/mol. The van der Waals surface area contributed by atoms with Crippen molar-refractivity contribution in [3.63, 3.8) is 0 Å². The predicted molar refractivity (Wildman–Crippen MR) is 128 cm³/mol. The molecule has 32 heavy (non-hydrogen) atoms.